The van der Waals surface area contributed by atoms with E-state index in [2.05, 4.69) is 54.8 Å². The van der Waals surface area contributed by atoms with Gasteiger partial charge in [-0.15, -0.1) is 0 Å². The molecule has 0 bridgehead atoms. The average molecular weight is 573 g/mol. The van der Waals surface area contributed by atoms with Crippen molar-refractivity contribution in [3.63, 3.8) is 0 Å². The summed E-state index contributed by atoms with van der Waals surface area (Å²) in [5.74, 6) is 1.53. The van der Waals surface area contributed by atoms with Crippen LogP contribution in [-0.2, 0) is 0 Å². The summed E-state index contributed by atoms with van der Waals surface area (Å²) < 4.78 is 6.19. The molecule has 3 heterocycles. The highest BCUT2D eigenvalue weighted by Crippen LogP contribution is 2.34. The van der Waals surface area contributed by atoms with Gasteiger partial charge in [-0.2, -0.15) is 0 Å². The van der Waals surface area contributed by atoms with Gasteiger partial charge in [0.05, 0.1) is 22.6 Å². The van der Waals surface area contributed by atoms with Crippen LogP contribution in [0.15, 0.2) is 67.0 Å². The fourth-order valence-corrected chi connectivity index (χ4v) is 5.04. The highest BCUT2D eigenvalue weighted by atomic mass is 35.5. The first-order chi connectivity index (χ1) is 19.8. The molecule has 1 unspecified atom stereocenters. The van der Waals surface area contributed by atoms with Gasteiger partial charge in [-0.05, 0) is 87.1 Å². The van der Waals surface area contributed by atoms with Crippen LogP contribution in [0.3, 0.4) is 0 Å². The number of urea groups is 1. The molecule has 4 aromatic rings. The largest absolute Gasteiger partial charge is 0.438 e. The van der Waals surface area contributed by atoms with Gasteiger partial charge in [0.25, 0.3) is 0 Å². The molecule has 0 saturated carbocycles. The third-order valence-corrected chi connectivity index (χ3v) is 7.30. The number of likely N-dealkylation sites (N-methyl/N-ethyl adjacent to an activating group) is 2. The number of halogens is 1. The number of benzene rings is 2. The zero-order chi connectivity index (χ0) is 28.9. The number of aromatic nitrogens is 3. The molecule has 3 N–H and O–H groups in total. The zero-order valence-electron chi connectivity index (χ0n) is 23.5. The number of carbonyl (C=O) groups is 1. The quantitative estimate of drug-likeness (QED) is 0.232. The monoisotopic (exact) mass is 572 g/mol. The predicted octanol–water partition coefficient (Wildman–Crippen LogP) is 6.12. The zero-order valence-corrected chi connectivity index (χ0v) is 24.2. The molecule has 1 fully saturated rings. The number of nitrogens with one attached hydrogen (secondary N) is 3. The van der Waals surface area contributed by atoms with Gasteiger partial charge in [-0.1, -0.05) is 11.6 Å². The minimum absolute atomic E-state index is 0.360. The van der Waals surface area contributed by atoms with Crippen molar-refractivity contribution in [2.45, 2.75) is 19.4 Å². The van der Waals surface area contributed by atoms with E-state index in [-0.39, 0.29) is 6.03 Å². The minimum atomic E-state index is -0.366. The van der Waals surface area contributed by atoms with E-state index in [1.54, 1.807) is 43.7 Å². The topological polar surface area (TPSA) is 108 Å². The molecule has 1 aliphatic rings. The van der Waals surface area contributed by atoms with Gasteiger partial charge in [0.1, 0.15) is 5.75 Å². The van der Waals surface area contributed by atoms with E-state index in [9.17, 15) is 4.79 Å². The molecule has 1 saturated heterocycles. The highest BCUT2D eigenvalue weighted by Gasteiger charge is 2.25. The van der Waals surface area contributed by atoms with Crippen molar-refractivity contribution < 1.29 is 9.53 Å². The molecular formula is C30H33ClN8O2. The first kappa shape index (κ1) is 28.1. The number of hydrogen-bond donors (Lipinski definition) is 3. The third-order valence-electron chi connectivity index (χ3n) is 7.07. The van der Waals surface area contributed by atoms with Crippen molar-refractivity contribution in [3.05, 3.63) is 77.6 Å². The molecule has 0 spiro atoms. The summed E-state index contributed by atoms with van der Waals surface area (Å²) in [7, 11) is 5.93. The second-order valence-electron chi connectivity index (χ2n) is 10.0. The van der Waals surface area contributed by atoms with Crippen LogP contribution in [0.2, 0.25) is 5.02 Å². The van der Waals surface area contributed by atoms with E-state index in [0.29, 0.717) is 45.7 Å². The Morgan fingerprint density at radius 1 is 1.10 bits per heavy atom. The van der Waals surface area contributed by atoms with Crippen molar-refractivity contribution in [2.24, 2.45) is 0 Å². The second-order valence-corrected chi connectivity index (χ2v) is 10.4. The lowest BCUT2D eigenvalue weighted by molar-refractivity contribution is 0.262. The number of rotatable bonds is 8. The molecule has 2 aromatic heterocycles. The van der Waals surface area contributed by atoms with Crippen LogP contribution in [0.1, 0.15) is 12.0 Å². The van der Waals surface area contributed by atoms with Crippen LogP contribution in [0.5, 0.6) is 11.6 Å². The molecule has 1 aliphatic heterocycles. The number of carbonyl (C=O) groups excluding carboxylic acids is 1. The maximum Gasteiger partial charge on any atom is 0.323 e. The molecule has 41 heavy (non-hydrogen) atoms. The van der Waals surface area contributed by atoms with E-state index >= 15 is 0 Å². The Balaban J connectivity index is 1.29. The molecular weight excluding hydrogens is 540 g/mol. The number of likely N-dealkylation sites (tertiary alicyclic amines) is 1. The summed E-state index contributed by atoms with van der Waals surface area (Å²) in [4.78, 5) is 30.6. The normalized spacial score (nSPS) is 14.9. The van der Waals surface area contributed by atoms with Crippen LogP contribution in [0.25, 0.3) is 11.3 Å². The summed E-state index contributed by atoms with van der Waals surface area (Å²) in [6, 6.07) is 16.5. The van der Waals surface area contributed by atoms with Crippen LogP contribution >= 0.6 is 11.6 Å². The smallest absolute Gasteiger partial charge is 0.323 e. The third kappa shape index (κ3) is 6.67. The van der Waals surface area contributed by atoms with E-state index < -0.39 is 0 Å². The number of ether oxygens (including phenoxy) is 1. The number of anilines is 4. The predicted molar refractivity (Wildman–Crippen MR) is 164 cm³/mol. The van der Waals surface area contributed by atoms with Gasteiger partial charge < -0.3 is 30.5 Å². The summed E-state index contributed by atoms with van der Waals surface area (Å²) in [5, 5.41) is 9.39. The van der Waals surface area contributed by atoms with Gasteiger partial charge >= 0.3 is 6.03 Å². The Hall–Kier alpha value is -4.41. The van der Waals surface area contributed by atoms with E-state index in [1.807, 2.05) is 37.3 Å². The van der Waals surface area contributed by atoms with Crippen molar-refractivity contribution in [1.29, 1.82) is 0 Å². The van der Waals surface area contributed by atoms with Crippen molar-refractivity contribution in [1.82, 2.24) is 19.9 Å². The Morgan fingerprint density at radius 3 is 2.71 bits per heavy atom. The molecule has 11 heteroatoms. The van der Waals surface area contributed by atoms with Gasteiger partial charge in [0.2, 0.25) is 11.8 Å². The van der Waals surface area contributed by atoms with Crippen LogP contribution < -0.4 is 25.6 Å². The van der Waals surface area contributed by atoms with E-state index in [4.69, 9.17) is 16.3 Å². The SMILES string of the molecule is CNc1nccc(-c2cccnc2Oc2ccc(NC(=O)Nc3cc(Cl)ccc3N(C)C3CCN(C)C3)cc2C)n1. The number of pyridine rings is 1. The highest BCUT2D eigenvalue weighted by molar-refractivity contribution is 6.31. The van der Waals surface area contributed by atoms with Crippen LogP contribution in [0.4, 0.5) is 27.8 Å². The first-order valence-electron chi connectivity index (χ1n) is 13.3. The molecule has 0 radical (unpaired) electrons. The summed E-state index contributed by atoms with van der Waals surface area (Å²) in [6.45, 7) is 3.92. The fraction of sp³-hybridized carbons (Fsp3) is 0.267. The second kappa shape index (κ2) is 12.4. The lowest BCUT2D eigenvalue weighted by Gasteiger charge is -2.29. The van der Waals surface area contributed by atoms with Crippen LogP contribution in [-0.4, -0.2) is 66.2 Å². The minimum Gasteiger partial charge on any atom is -0.438 e. The Morgan fingerprint density at radius 2 is 1.95 bits per heavy atom. The number of amides is 2. The standard InChI is InChI=1S/C30H33ClN8O2/c1-19-16-21(8-10-27(19)41-28-23(6-5-13-33-28)24-11-14-34-29(32-2)36-24)35-30(40)37-25-17-20(31)7-9-26(25)39(4)22-12-15-38(3)18-22/h5-11,13-14,16-17,22H,12,15,18H2,1-4H3,(H,32,34,36)(H2,35,37,40). The van der Waals surface area contributed by atoms with Crippen molar-refractivity contribution in [3.8, 4) is 22.9 Å². The number of hydrogen-bond acceptors (Lipinski definition) is 8. The lowest BCUT2D eigenvalue weighted by atomic mass is 10.1. The first-order valence-corrected chi connectivity index (χ1v) is 13.7. The molecule has 10 nitrogen and oxygen atoms in total. The van der Waals surface area contributed by atoms with Gasteiger partial charge in [0.15, 0.2) is 0 Å². The molecule has 212 valence electrons. The van der Waals surface area contributed by atoms with E-state index in [0.717, 1.165) is 36.3 Å². The average Bonchev–Trinajstić information content (AvgIpc) is 3.40. The molecule has 0 aliphatic carbocycles. The lowest BCUT2D eigenvalue weighted by Crippen LogP contribution is -2.34. The molecule has 2 aromatic carbocycles. The van der Waals surface area contributed by atoms with Gasteiger partial charge in [-0.25, -0.2) is 19.7 Å². The van der Waals surface area contributed by atoms with Crippen LogP contribution in [0, 0.1) is 6.92 Å². The summed E-state index contributed by atoms with van der Waals surface area (Å²) >= 11 is 6.29. The fourth-order valence-electron chi connectivity index (χ4n) is 4.87. The number of nitrogens with zero attached hydrogens (tertiary/aromatic N) is 5. The Labute approximate surface area is 244 Å². The van der Waals surface area contributed by atoms with Crippen molar-refractivity contribution >= 4 is 40.6 Å². The Bertz CT molecular complexity index is 1550. The maximum absolute atomic E-state index is 13.0. The van der Waals surface area contributed by atoms with Crippen molar-refractivity contribution in [2.75, 3.05) is 55.1 Å². The molecule has 1 atom stereocenters. The van der Waals surface area contributed by atoms with Gasteiger partial charge in [-0.3, -0.25) is 0 Å². The Kier molecular flexibility index (Phi) is 8.51. The summed E-state index contributed by atoms with van der Waals surface area (Å²) in [5.41, 5.74) is 4.44. The number of aryl methyl sites for hydroxylation is 1. The summed E-state index contributed by atoms with van der Waals surface area (Å²) in [6.07, 6.45) is 4.41. The van der Waals surface area contributed by atoms with E-state index in [1.165, 1.54) is 0 Å². The maximum atomic E-state index is 13.0. The van der Waals surface area contributed by atoms with Gasteiger partial charge in [0, 0.05) is 49.8 Å². The molecule has 2 amide bonds. The molecule has 5 rings (SSSR count).